The first kappa shape index (κ1) is 18.5. The largest absolute Gasteiger partial charge is 0.419 e. The van der Waals surface area contributed by atoms with E-state index in [9.17, 15) is 9.18 Å². The van der Waals surface area contributed by atoms with Gasteiger partial charge in [-0.1, -0.05) is 18.2 Å². The first-order valence-corrected chi connectivity index (χ1v) is 8.42. The van der Waals surface area contributed by atoms with Crippen molar-refractivity contribution in [1.29, 1.82) is 0 Å². The van der Waals surface area contributed by atoms with E-state index in [-0.39, 0.29) is 24.0 Å². The summed E-state index contributed by atoms with van der Waals surface area (Å²) in [6.07, 6.45) is 0. The van der Waals surface area contributed by atoms with Crippen molar-refractivity contribution in [3.8, 4) is 0 Å². The molecule has 1 fully saturated rings. The Kier molecular flexibility index (Phi) is 5.34. The molecule has 0 amide bonds. The number of hydrogen-bond acceptors (Lipinski definition) is 4. The maximum absolute atomic E-state index is 13.9. The predicted molar refractivity (Wildman–Crippen MR) is 103 cm³/mol. The predicted octanol–water partition coefficient (Wildman–Crippen LogP) is 3.01. The molecule has 0 bridgehead atoms. The van der Waals surface area contributed by atoms with Crippen LogP contribution in [-0.2, 0) is 13.6 Å². The number of hydrogen-bond donors (Lipinski definition) is 0. The summed E-state index contributed by atoms with van der Waals surface area (Å²) in [5.74, 6) is -0.508. The fraction of sp³-hybridized carbons (Fsp3) is 0.316. The second-order valence-electron chi connectivity index (χ2n) is 6.44. The van der Waals surface area contributed by atoms with Crippen molar-refractivity contribution in [1.82, 2.24) is 9.47 Å². The third kappa shape index (κ3) is 3.48. The van der Waals surface area contributed by atoms with Gasteiger partial charge < -0.3 is 9.32 Å². The van der Waals surface area contributed by atoms with Crippen molar-refractivity contribution in [3.05, 3.63) is 64.4 Å². The fourth-order valence-electron chi connectivity index (χ4n) is 3.39. The number of anilines is 1. The molecule has 0 N–H and O–H groups in total. The van der Waals surface area contributed by atoms with Gasteiger partial charge in [0.05, 0.1) is 11.2 Å². The van der Waals surface area contributed by atoms with Gasteiger partial charge in [0, 0.05) is 39.8 Å². The van der Waals surface area contributed by atoms with Crippen LogP contribution < -0.4 is 10.7 Å². The Bertz CT molecular complexity index is 961. The summed E-state index contributed by atoms with van der Waals surface area (Å²) < 4.78 is 20.7. The van der Waals surface area contributed by atoms with Gasteiger partial charge in [0.25, 0.3) is 0 Å². The molecule has 1 saturated heterocycles. The number of rotatable bonds is 3. The zero-order chi connectivity index (χ0) is 17.4. The molecule has 138 valence electrons. The lowest BCUT2D eigenvalue weighted by molar-refractivity contribution is 0.249. The molecule has 7 heteroatoms. The number of aryl methyl sites for hydroxylation is 1. The number of oxazole rings is 1. The molecule has 0 atom stereocenters. The Balaban J connectivity index is 0.00000196. The Morgan fingerprint density at radius 1 is 1.08 bits per heavy atom. The Morgan fingerprint density at radius 3 is 2.54 bits per heavy atom. The third-order valence-electron chi connectivity index (χ3n) is 4.83. The monoisotopic (exact) mass is 377 g/mol. The van der Waals surface area contributed by atoms with Gasteiger partial charge in [-0.05, 0) is 29.8 Å². The maximum Gasteiger partial charge on any atom is 0.419 e. The summed E-state index contributed by atoms with van der Waals surface area (Å²) in [7, 11) is 1.70. The standard InChI is InChI=1S/C19H20FN3O2.ClH/c1-21-17-7-6-14(12-18(17)25-19(21)24)13-22-8-10-23(11-9-22)16-5-3-2-4-15(16)20;/h2-7,12H,8-11,13H2,1H3;1H. The van der Waals surface area contributed by atoms with Crippen LogP contribution in [0.5, 0.6) is 0 Å². The van der Waals surface area contributed by atoms with Crippen LogP contribution in [0, 0.1) is 5.82 Å². The summed E-state index contributed by atoms with van der Waals surface area (Å²) in [5, 5.41) is 0. The molecule has 1 aliphatic rings. The van der Waals surface area contributed by atoms with E-state index in [1.165, 1.54) is 10.6 Å². The lowest BCUT2D eigenvalue weighted by Gasteiger charge is -2.36. The van der Waals surface area contributed by atoms with E-state index in [4.69, 9.17) is 4.42 Å². The Morgan fingerprint density at radius 2 is 1.81 bits per heavy atom. The number of aromatic nitrogens is 1. The molecular formula is C19H21ClFN3O2. The van der Waals surface area contributed by atoms with Crippen molar-refractivity contribution in [2.24, 2.45) is 7.05 Å². The molecule has 0 spiro atoms. The molecule has 3 aromatic rings. The number of nitrogens with zero attached hydrogens (tertiary/aromatic N) is 3. The molecular weight excluding hydrogens is 357 g/mol. The number of benzene rings is 2. The second-order valence-corrected chi connectivity index (χ2v) is 6.44. The summed E-state index contributed by atoms with van der Waals surface area (Å²) in [5.41, 5.74) is 3.21. The number of para-hydroxylation sites is 1. The van der Waals surface area contributed by atoms with E-state index in [1.807, 2.05) is 30.3 Å². The fourth-order valence-corrected chi connectivity index (χ4v) is 3.39. The summed E-state index contributed by atoms with van der Waals surface area (Å²) in [4.78, 5) is 16.0. The number of piperazine rings is 1. The van der Waals surface area contributed by atoms with Crippen molar-refractivity contribution in [3.63, 3.8) is 0 Å². The quantitative estimate of drug-likeness (QED) is 0.703. The van der Waals surface area contributed by atoms with E-state index >= 15 is 0 Å². The zero-order valence-electron chi connectivity index (χ0n) is 14.5. The highest BCUT2D eigenvalue weighted by Gasteiger charge is 2.19. The first-order valence-electron chi connectivity index (χ1n) is 8.42. The van der Waals surface area contributed by atoms with Crippen LogP contribution in [-0.4, -0.2) is 35.6 Å². The van der Waals surface area contributed by atoms with Gasteiger partial charge in [0.2, 0.25) is 0 Å². The van der Waals surface area contributed by atoms with Crippen LogP contribution in [0.25, 0.3) is 11.1 Å². The van der Waals surface area contributed by atoms with Crippen LogP contribution in [0.1, 0.15) is 5.56 Å². The minimum absolute atomic E-state index is 0. The Hall–Kier alpha value is -2.31. The van der Waals surface area contributed by atoms with Gasteiger partial charge in [-0.3, -0.25) is 9.47 Å². The molecule has 1 aromatic heterocycles. The van der Waals surface area contributed by atoms with Gasteiger partial charge in [0.15, 0.2) is 5.58 Å². The van der Waals surface area contributed by atoms with Crippen molar-refractivity contribution in [2.45, 2.75) is 6.54 Å². The lowest BCUT2D eigenvalue weighted by atomic mass is 10.1. The van der Waals surface area contributed by atoms with Crippen molar-refractivity contribution < 1.29 is 8.81 Å². The van der Waals surface area contributed by atoms with Crippen LogP contribution in [0.15, 0.2) is 51.7 Å². The SMILES string of the molecule is Cl.Cn1c(=O)oc2cc(CN3CCN(c4ccccc4F)CC3)ccc21. The van der Waals surface area contributed by atoms with Gasteiger partial charge in [-0.2, -0.15) is 0 Å². The van der Waals surface area contributed by atoms with Gasteiger partial charge in [-0.15, -0.1) is 12.4 Å². The maximum atomic E-state index is 13.9. The van der Waals surface area contributed by atoms with E-state index in [1.54, 1.807) is 13.1 Å². The molecule has 0 unspecified atom stereocenters. The average molecular weight is 378 g/mol. The van der Waals surface area contributed by atoms with Gasteiger partial charge >= 0.3 is 5.76 Å². The third-order valence-corrected chi connectivity index (χ3v) is 4.83. The van der Waals surface area contributed by atoms with Crippen LogP contribution in [0.4, 0.5) is 10.1 Å². The first-order chi connectivity index (χ1) is 12.1. The van der Waals surface area contributed by atoms with Crippen LogP contribution >= 0.6 is 12.4 Å². The molecule has 2 aromatic carbocycles. The topological polar surface area (TPSA) is 41.6 Å². The van der Waals surface area contributed by atoms with Crippen LogP contribution in [0.2, 0.25) is 0 Å². The molecule has 0 radical (unpaired) electrons. The summed E-state index contributed by atoms with van der Waals surface area (Å²) in [6, 6.07) is 12.8. The van der Waals surface area contributed by atoms with Crippen molar-refractivity contribution in [2.75, 3.05) is 31.1 Å². The molecule has 4 rings (SSSR count). The smallest absolute Gasteiger partial charge is 0.408 e. The van der Waals surface area contributed by atoms with Gasteiger partial charge in [-0.25, -0.2) is 9.18 Å². The average Bonchev–Trinajstić information content (AvgIpc) is 2.90. The van der Waals surface area contributed by atoms with Crippen LogP contribution in [0.3, 0.4) is 0 Å². The van der Waals surface area contributed by atoms with E-state index in [0.29, 0.717) is 11.3 Å². The summed E-state index contributed by atoms with van der Waals surface area (Å²) >= 11 is 0. The van der Waals surface area contributed by atoms with Crippen molar-refractivity contribution >= 4 is 29.2 Å². The molecule has 1 aliphatic heterocycles. The zero-order valence-corrected chi connectivity index (χ0v) is 15.3. The molecule has 0 aliphatic carbocycles. The molecule has 2 heterocycles. The summed E-state index contributed by atoms with van der Waals surface area (Å²) in [6.45, 7) is 4.11. The highest BCUT2D eigenvalue weighted by atomic mass is 35.5. The lowest BCUT2D eigenvalue weighted by Crippen LogP contribution is -2.46. The minimum atomic E-state index is -0.342. The normalized spacial score (nSPS) is 15.2. The molecule has 0 saturated carbocycles. The Labute approximate surface area is 157 Å². The minimum Gasteiger partial charge on any atom is -0.408 e. The van der Waals surface area contributed by atoms with E-state index in [2.05, 4.69) is 9.80 Å². The number of fused-ring (bicyclic) bond motifs is 1. The second kappa shape index (κ2) is 7.51. The van der Waals surface area contributed by atoms with E-state index in [0.717, 1.165) is 43.8 Å². The number of halogens is 2. The highest BCUT2D eigenvalue weighted by molar-refractivity contribution is 5.85. The molecule has 26 heavy (non-hydrogen) atoms. The molecule has 5 nitrogen and oxygen atoms in total. The van der Waals surface area contributed by atoms with Gasteiger partial charge in [0.1, 0.15) is 5.82 Å². The highest BCUT2D eigenvalue weighted by Crippen LogP contribution is 2.21. The van der Waals surface area contributed by atoms with E-state index < -0.39 is 0 Å².